The summed E-state index contributed by atoms with van der Waals surface area (Å²) in [6, 6.07) is 5.32. The summed E-state index contributed by atoms with van der Waals surface area (Å²) in [4.78, 5) is 2.69. The third-order valence-electron chi connectivity index (χ3n) is 4.95. The second-order valence-corrected chi connectivity index (χ2v) is 7.58. The van der Waals surface area contributed by atoms with Crippen LogP contribution in [0.4, 0.5) is 0 Å². The van der Waals surface area contributed by atoms with Crippen molar-refractivity contribution in [1.29, 1.82) is 0 Å². The van der Waals surface area contributed by atoms with Gasteiger partial charge in [-0.1, -0.05) is 15.9 Å². The van der Waals surface area contributed by atoms with E-state index in [1.165, 1.54) is 48.0 Å². The highest BCUT2D eigenvalue weighted by Gasteiger charge is 2.34. The third-order valence-corrected chi connectivity index (χ3v) is 5.41. The van der Waals surface area contributed by atoms with Gasteiger partial charge in [0, 0.05) is 35.6 Å². The van der Waals surface area contributed by atoms with Crippen LogP contribution in [0.15, 0.2) is 16.6 Å². The largest absolute Gasteiger partial charge is 0.493 e. The Morgan fingerprint density at radius 1 is 1.29 bits per heavy atom. The minimum atomic E-state index is 0.826. The standard InChI is InChI=1S/C17H23BrN2O/c18-15-7-13-4-6-21-17(13)14(8-15)10-19-9-12-3-5-20(11-12)16-1-2-16/h7-8,12,16,19H,1-6,9-11H2. The van der Waals surface area contributed by atoms with Gasteiger partial charge in [0.2, 0.25) is 0 Å². The van der Waals surface area contributed by atoms with Crippen LogP contribution < -0.4 is 10.1 Å². The van der Waals surface area contributed by atoms with E-state index in [1.807, 2.05) is 0 Å². The Kier molecular flexibility index (Phi) is 3.94. The zero-order valence-electron chi connectivity index (χ0n) is 12.4. The molecule has 114 valence electrons. The number of hydrogen-bond donors (Lipinski definition) is 1. The number of fused-ring (bicyclic) bond motifs is 1. The van der Waals surface area contributed by atoms with Gasteiger partial charge in [-0.15, -0.1) is 0 Å². The van der Waals surface area contributed by atoms with E-state index in [-0.39, 0.29) is 0 Å². The Balaban J connectivity index is 1.31. The molecule has 1 unspecified atom stereocenters. The number of nitrogens with zero attached hydrogens (tertiary/aromatic N) is 1. The Morgan fingerprint density at radius 2 is 2.19 bits per heavy atom. The van der Waals surface area contributed by atoms with Crippen molar-refractivity contribution in [2.45, 2.75) is 38.3 Å². The van der Waals surface area contributed by atoms with Crippen LogP contribution in [0.25, 0.3) is 0 Å². The fraction of sp³-hybridized carbons (Fsp3) is 0.647. The molecular weight excluding hydrogens is 328 g/mol. The Morgan fingerprint density at radius 3 is 3.05 bits per heavy atom. The fourth-order valence-corrected chi connectivity index (χ4v) is 4.24. The van der Waals surface area contributed by atoms with Crippen molar-refractivity contribution in [2.24, 2.45) is 5.92 Å². The molecule has 4 heteroatoms. The Labute approximate surface area is 135 Å². The van der Waals surface area contributed by atoms with Crippen molar-refractivity contribution in [3.05, 3.63) is 27.7 Å². The van der Waals surface area contributed by atoms with E-state index in [0.29, 0.717) is 0 Å². The molecule has 21 heavy (non-hydrogen) atoms. The summed E-state index contributed by atoms with van der Waals surface area (Å²) in [5.74, 6) is 1.95. The molecule has 1 aliphatic carbocycles. The molecule has 4 rings (SSSR count). The van der Waals surface area contributed by atoms with Gasteiger partial charge in [0.25, 0.3) is 0 Å². The molecule has 0 amide bonds. The Bertz CT molecular complexity index is 530. The highest BCUT2D eigenvalue weighted by atomic mass is 79.9. The molecule has 0 aromatic heterocycles. The van der Waals surface area contributed by atoms with Crippen molar-refractivity contribution < 1.29 is 4.74 Å². The number of rotatable bonds is 5. The molecule has 3 aliphatic rings. The van der Waals surface area contributed by atoms with E-state index in [2.05, 4.69) is 38.3 Å². The smallest absolute Gasteiger partial charge is 0.127 e. The predicted octanol–water partition coefficient (Wildman–Crippen LogP) is 2.96. The molecule has 0 radical (unpaired) electrons. The van der Waals surface area contributed by atoms with Gasteiger partial charge < -0.3 is 15.0 Å². The zero-order chi connectivity index (χ0) is 14.2. The third kappa shape index (κ3) is 3.13. The average Bonchev–Trinajstić information content (AvgIpc) is 3.02. The highest BCUT2D eigenvalue weighted by Crippen LogP contribution is 2.33. The van der Waals surface area contributed by atoms with Gasteiger partial charge in [-0.25, -0.2) is 0 Å². The van der Waals surface area contributed by atoms with Crippen molar-refractivity contribution in [2.75, 3.05) is 26.2 Å². The van der Waals surface area contributed by atoms with Gasteiger partial charge in [-0.3, -0.25) is 0 Å². The monoisotopic (exact) mass is 350 g/mol. The van der Waals surface area contributed by atoms with Crippen LogP contribution in [-0.2, 0) is 13.0 Å². The maximum Gasteiger partial charge on any atom is 0.127 e. The normalized spacial score (nSPS) is 25.1. The number of halogens is 1. The van der Waals surface area contributed by atoms with Crippen molar-refractivity contribution >= 4 is 15.9 Å². The maximum absolute atomic E-state index is 5.79. The summed E-state index contributed by atoms with van der Waals surface area (Å²) in [6.45, 7) is 5.49. The van der Waals surface area contributed by atoms with Crippen LogP contribution in [0.1, 0.15) is 30.4 Å². The molecule has 2 heterocycles. The van der Waals surface area contributed by atoms with Gasteiger partial charge in [-0.2, -0.15) is 0 Å². The van der Waals surface area contributed by atoms with E-state index < -0.39 is 0 Å². The lowest BCUT2D eigenvalue weighted by atomic mass is 10.1. The SMILES string of the molecule is Brc1cc2c(c(CNCC3CCN(C4CC4)C3)c1)OCC2. The lowest BCUT2D eigenvalue weighted by Crippen LogP contribution is -2.27. The van der Waals surface area contributed by atoms with Crippen LogP contribution in [0.3, 0.4) is 0 Å². The lowest BCUT2D eigenvalue weighted by Gasteiger charge is -2.16. The van der Waals surface area contributed by atoms with Gasteiger partial charge in [-0.05, 0) is 56.0 Å². The first-order valence-corrected chi connectivity index (χ1v) is 8.98. The lowest BCUT2D eigenvalue weighted by molar-refractivity contribution is 0.311. The first kappa shape index (κ1) is 14.0. The van der Waals surface area contributed by atoms with E-state index in [9.17, 15) is 0 Å². The Hall–Kier alpha value is -0.580. The van der Waals surface area contributed by atoms with E-state index in [0.717, 1.165) is 43.8 Å². The van der Waals surface area contributed by atoms with Crippen LogP contribution in [0, 0.1) is 5.92 Å². The van der Waals surface area contributed by atoms with E-state index >= 15 is 0 Å². The fourth-order valence-electron chi connectivity index (χ4n) is 3.69. The van der Waals surface area contributed by atoms with E-state index in [1.54, 1.807) is 0 Å². The van der Waals surface area contributed by atoms with Gasteiger partial charge in [0.15, 0.2) is 0 Å². The number of hydrogen-bond acceptors (Lipinski definition) is 3. The number of benzene rings is 1. The van der Waals surface area contributed by atoms with Crippen LogP contribution in [0.5, 0.6) is 5.75 Å². The number of likely N-dealkylation sites (tertiary alicyclic amines) is 1. The molecule has 0 spiro atoms. The zero-order valence-corrected chi connectivity index (χ0v) is 14.0. The molecule has 0 bridgehead atoms. The summed E-state index contributed by atoms with van der Waals surface area (Å²) in [7, 11) is 0. The predicted molar refractivity (Wildman–Crippen MR) is 87.7 cm³/mol. The van der Waals surface area contributed by atoms with Gasteiger partial charge in [0.05, 0.1) is 6.61 Å². The molecule has 1 aromatic carbocycles. The first-order chi connectivity index (χ1) is 10.3. The molecule has 2 aliphatic heterocycles. The number of ether oxygens (including phenoxy) is 1. The van der Waals surface area contributed by atoms with Gasteiger partial charge in [0.1, 0.15) is 5.75 Å². The minimum Gasteiger partial charge on any atom is -0.493 e. The molecule has 1 N–H and O–H groups in total. The summed E-state index contributed by atoms with van der Waals surface area (Å²) in [6.07, 6.45) is 5.26. The molecule has 1 aromatic rings. The maximum atomic E-state index is 5.79. The minimum absolute atomic E-state index is 0.826. The van der Waals surface area contributed by atoms with Crippen LogP contribution >= 0.6 is 15.9 Å². The summed E-state index contributed by atoms with van der Waals surface area (Å²) >= 11 is 3.61. The van der Waals surface area contributed by atoms with Crippen molar-refractivity contribution in [3.63, 3.8) is 0 Å². The number of nitrogens with one attached hydrogen (secondary N) is 1. The molecule has 2 fully saturated rings. The second-order valence-electron chi connectivity index (χ2n) is 6.66. The summed E-state index contributed by atoms with van der Waals surface area (Å²) < 4.78 is 6.97. The van der Waals surface area contributed by atoms with Crippen molar-refractivity contribution in [1.82, 2.24) is 10.2 Å². The summed E-state index contributed by atoms with van der Waals surface area (Å²) in [5, 5.41) is 3.65. The molecule has 3 nitrogen and oxygen atoms in total. The van der Waals surface area contributed by atoms with Gasteiger partial charge >= 0.3 is 0 Å². The van der Waals surface area contributed by atoms with E-state index in [4.69, 9.17) is 4.74 Å². The molecular formula is C17H23BrN2O. The average molecular weight is 351 g/mol. The second kappa shape index (κ2) is 5.90. The molecule has 1 saturated carbocycles. The molecule has 1 atom stereocenters. The topological polar surface area (TPSA) is 24.5 Å². The quantitative estimate of drug-likeness (QED) is 0.883. The molecule has 1 saturated heterocycles. The van der Waals surface area contributed by atoms with Crippen LogP contribution in [0.2, 0.25) is 0 Å². The highest BCUT2D eigenvalue weighted by molar-refractivity contribution is 9.10. The summed E-state index contributed by atoms with van der Waals surface area (Å²) in [5.41, 5.74) is 2.65. The van der Waals surface area contributed by atoms with Crippen molar-refractivity contribution in [3.8, 4) is 5.75 Å². The first-order valence-electron chi connectivity index (χ1n) is 8.18. The van der Waals surface area contributed by atoms with Crippen LogP contribution in [-0.4, -0.2) is 37.2 Å².